The van der Waals surface area contributed by atoms with Crippen molar-refractivity contribution in [1.82, 2.24) is 15.2 Å². The summed E-state index contributed by atoms with van der Waals surface area (Å²) in [6.07, 6.45) is 0.777. The Morgan fingerprint density at radius 2 is 2.10 bits per heavy atom. The lowest BCUT2D eigenvalue weighted by Gasteiger charge is -1.96. The Morgan fingerprint density at radius 3 is 2.60 bits per heavy atom. The van der Waals surface area contributed by atoms with Crippen LogP contribution in [0.15, 0.2) is 0 Å². The van der Waals surface area contributed by atoms with Crippen LogP contribution in [0.25, 0.3) is 0 Å². The fraction of sp³-hybridized carbons (Fsp3) is 0.500. The highest BCUT2D eigenvalue weighted by atomic mass is 35.5. The van der Waals surface area contributed by atoms with Gasteiger partial charge < -0.3 is 0 Å². The first-order valence-corrected chi connectivity index (χ1v) is 3.47. The fourth-order valence-corrected chi connectivity index (χ4v) is 0.913. The van der Waals surface area contributed by atoms with Gasteiger partial charge in [-0.3, -0.25) is 0 Å². The first-order chi connectivity index (χ1) is 4.74. The number of aromatic nitrogens is 3. The fourth-order valence-electron chi connectivity index (χ4n) is 0.620. The molecule has 4 heteroatoms. The van der Waals surface area contributed by atoms with Crippen LogP contribution < -0.4 is 0 Å². The molecule has 0 saturated heterocycles. The Balaban J connectivity index is 3.07. The minimum absolute atomic E-state index is 0.468. The topological polar surface area (TPSA) is 38.7 Å². The molecule has 54 valence electrons. The van der Waals surface area contributed by atoms with Crippen LogP contribution in [0.2, 0.25) is 5.15 Å². The predicted molar refractivity (Wildman–Crippen MR) is 39.0 cm³/mol. The average molecular weight is 158 g/mol. The van der Waals surface area contributed by atoms with Gasteiger partial charge in [-0.2, -0.15) is 5.10 Å². The van der Waals surface area contributed by atoms with Crippen LogP contribution in [0, 0.1) is 6.92 Å². The highest BCUT2D eigenvalue weighted by Crippen LogP contribution is 2.08. The summed E-state index contributed by atoms with van der Waals surface area (Å²) in [5.41, 5.74) is 0.757. The molecule has 0 spiro atoms. The number of hydrogen-bond acceptors (Lipinski definition) is 3. The summed E-state index contributed by atoms with van der Waals surface area (Å²) in [7, 11) is 0. The van der Waals surface area contributed by atoms with Crippen molar-refractivity contribution in [2.45, 2.75) is 20.3 Å². The van der Waals surface area contributed by atoms with Crippen molar-refractivity contribution in [3.63, 3.8) is 0 Å². The molecule has 0 aliphatic rings. The Bertz CT molecular complexity index is 236. The smallest absolute Gasteiger partial charge is 0.154 e. The van der Waals surface area contributed by atoms with Crippen LogP contribution in [-0.4, -0.2) is 15.2 Å². The molecule has 0 radical (unpaired) electrons. The molecule has 3 nitrogen and oxygen atoms in total. The third-order valence-corrected chi connectivity index (χ3v) is 1.45. The molecule has 1 aromatic heterocycles. The number of hydrogen-bond donors (Lipinski definition) is 0. The van der Waals surface area contributed by atoms with E-state index in [1.165, 1.54) is 0 Å². The molecule has 0 aliphatic carbocycles. The molecule has 0 N–H and O–H groups in total. The van der Waals surface area contributed by atoms with E-state index < -0.39 is 0 Å². The summed E-state index contributed by atoms with van der Waals surface area (Å²) in [5.74, 6) is 0.613. The number of rotatable bonds is 1. The zero-order valence-electron chi connectivity index (χ0n) is 5.93. The van der Waals surface area contributed by atoms with E-state index in [1.54, 1.807) is 6.92 Å². The van der Waals surface area contributed by atoms with Gasteiger partial charge in [-0.05, 0) is 13.3 Å². The maximum absolute atomic E-state index is 5.72. The van der Waals surface area contributed by atoms with E-state index >= 15 is 0 Å². The first kappa shape index (κ1) is 7.41. The molecule has 0 atom stereocenters. The molecular formula is C6H8ClN3. The van der Waals surface area contributed by atoms with Crippen molar-refractivity contribution < 1.29 is 0 Å². The van der Waals surface area contributed by atoms with Gasteiger partial charge in [0.25, 0.3) is 0 Å². The highest BCUT2D eigenvalue weighted by molar-refractivity contribution is 6.29. The molecule has 0 bridgehead atoms. The van der Waals surface area contributed by atoms with E-state index in [0.717, 1.165) is 12.1 Å². The van der Waals surface area contributed by atoms with Crippen molar-refractivity contribution in [1.29, 1.82) is 0 Å². The second-order valence-electron chi connectivity index (χ2n) is 1.95. The van der Waals surface area contributed by atoms with Crippen LogP contribution in [0.5, 0.6) is 0 Å². The van der Waals surface area contributed by atoms with Gasteiger partial charge in [-0.25, -0.2) is 4.98 Å². The Morgan fingerprint density at radius 1 is 1.40 bits per heavy atom. The van der Waals surface area contributed by atoms with Crippen LogP contribution in [0.4, 0.5) is 0 Å². The molecule has 1 aromatic rings. The van der Waals surface area contributed by atoms with Crippen molar-refractivity contribution in [3.05, 3.63) is 16.7 Å². The first-order valence-electron chi connectivity index (χ1n) is 3.09. The molecule has 0 saturated carbocycles. The number of nitrogens with zero attached hydrogens (tertiary/aromatic N) is 3. The summed E-state index contributed by atoms with van der Waals surface area (Å²) in [6.45, 7) is 3.73. The third kappa shape index (κ3) is 1.42. The van der Waals surface area contributed by atoms with Gasteiger partial charge in [0.15, 0.2) is 5.15 Å². The van der Waals surface area contributed by atoms with E-state index in [1.807, 2.05) is 6.92 Å². The normalized spacial score (nSPS) is 9.90. The standard InChI is InChI=1S/C6H8ClN3/c1-3-5-6(7)8-4(2)9-10-5/h3H2,1-2H3. The van der Waals surface area contributed by atoms with E-state index in [4.69, 9.17) is 11.6 Å². The summed E-state index contributed by atoms with van der Waals surface area (Å²) >= 11 is 5.72. The molecule has 1 rings (SSSR count). The van der Waals surface area contributed by atoms with Crippen molar-refractivity contribution in [2.24, 2.45) is 0 Å². The van der Waals surface area contributed by atoms with Gasteiger partial charge in [0.05, 0.1) is 0 Å². The summed E-state index contributed by atoms with van der Waals surface area (Å²) in [4.78, 5) is 3.94. The second-order valence-corrected chi connectivity index (χ2v) is 2.31. The molecule has 0 aliphatic heterocycles. The lowest BCUT2D eigenvalue weighted by molar-refractivity contribution is 0.840. The van der Waals surface area contributed by atoms with E-state index in [-0.39, 0.29) is 0 Å². The Kier molecular flexibility index (Phi) is 2.17. The highest BCUT2D eigenvalue weighted by Gasteiger charge is 2.00. The van der Waals surface area contributed by atoms with E-state index in [0.29, 0.717) is 11.0 Å². The van der Waals surface area contributed by atoms with Crippen LogP contribution in [0.3, 0.4) is 0 Å². The zero-order valence-corrected chi connectivity index (χ0v) is 6.68. The number of aryl methyl sites for hydroxylation is 2. The predicted octanol–water partition coefficient (Wildman–Crippen LogP) is 1.40. The number of halogens is 1. The van der Waals surface area contributed by atoms with Gasteiger partial charge in [0.1, 0.15) is 11.5 Å². The maximum atomic E-state index is 5.72. The molecule has 10 heavy (non-hydrogen) atoms. The molecule has 0 fully saturated rings. The van der Waals surface area contributed by atoms with Crippen LogP contribution in [0.1, 0.15) is 18.4 Å². The summed E-state index contributed by atoms with van der Waals surface area (Å²) < 4.78 is 0. The molecule has 0 amide bonds. The van der Waals surface area contributed by atoms with Crippen LogP contribution in [-0.2, 0) is 6.42 Å². The molecular weight excluding hydrogens is 150 g/mol. The summed E-state index contributed by atoms with van der Waals surface area (Å²) in [5, 5.41) is 8.08. The van der Waals surface area contributed by atoms with E-state index in [2.05, 4.69) is 15.2 Å². The average Bonchev–Trinajstić information content (AvgIpc) is 1.88. The molecule has 0 unspecified atom stereocenters. The van der Waals surface area contributed by atoms with E-state index in [9.17, 15) is 0 Å². The molecule has 0 aromatic carbocycles. The minimum atomic E-state index is 0.468. The van der Waals surface area contributed by atoms with Crippen molar-refractivity contribution >= 4 is 11.6 Å². The Hall–Kier alpha value is -0.700. The lowest BCUT2D eigenvalue weighted by Crippen LogP contribution is -1.97. The molecule has 1 heterocycles. The quantitative estimate of drug-likeness (QED) is 0.619. The minimum Gasteiger partial charge on any atom is -0.218 e. The Labute approximate surface area is 64.5 Å². The SMILES string of the molecule is CCc1nnc(C)nc1Cl. The van der Waals surface area contributed by atoms with Crippen molar-refractivity contribution in [3.8, 4) is 0 Å². The zero-order chi connectivity index (χ0) is 7.56. The largest absolute Gasteiger partial charge is 0.218 e. The third-order valence-electron chi connectivity index (χ3n) is 1.15. The van der Waals surface area contributed by atoms with Crippen molar-refractivity contribution in [2.75, 3.05) is 0 Å². The summed E-state index contributed by atoms with van der Waals surface area (Å²) in [6, 6.07) is 0. The second kappa shape index (κ2) is 2.92. The van der Waals surface area contributed by atoms with Gasteiger partial charge >= 0.3 is 0 Å². The van der Waals surface area contributed by atoms with Crippen LogP contribution >= 0.6 is 11.6 Å². The maximum Gasteiger partial charge on any atom is 0.154 e. The monoisotopic (exact) mass is 157 g/mol. The van der Waals surface area contributed by atoms with Gasteiger partial charge in [0.2, 0.25) is 0 Å². The van der Waals surface area contributed by atoms with Gasteiger partial charge in [-0.15, -0.1) is 5.10 Å². The van der Waals surface area contributed by atoms with Gasteiger partial charge in [-0.1, -0.05) is 18.5 Å². The lowest BCUT2D eigenvalue weighted by atomic mass is 10.4. The van der Waals surface area contributed by atoms with Gasteiger partial charge in [0, 0.05) is 0 Å².